The van der Waals surface area contributed by atoms with Gasteiger partial charge < -0.3 is 18.9 Å². The van der Waals surface area contributed by atoms with Crippen LogP contribution < -0.4 is 0 Å². The third kappa shape index (κ3) is 4.64. The lowest BCUT2D eigenvalue weighted by atomic mass is 9.78. The van der Waals surface area contributed by atoms with Crippen molar-refractivity contribution in [3.63, 3.8) is 0 Å². The van der Waals surface area contributed by atoms with Gasteiger partial charge in [-0.2, -0.15) is 4.98 Å². The first-order valence-corrected chi connectivity index (χ1v) is 10.2. The molecule has 8 heteroatoms. The molecule has 2 aliphatic rings. The summed E-state index contributed by atoms with van der Waals surface area (Å²) < 4.78 is 16.6. The van der Waals surface area contributed by atoms with E-state index in [1.807, 2.05) is 24.0 Å². The van der Waals surface area contributed by atoms with Crippen molar-refractivity contribution in [3.05, 3.63) is 41.3 Å². The summed E-state index contributed by atoms with van der Waals surface area (Å²) in [7, 11) is 1.62. The van der Waals surface area contributed by atoms with Crippen LogP contribution in [0, 0.1) is 12.8 Å². The lowest BCUT2D eigenvalue weighted by Crippen LogP contribution is -2.51. The van der Waals surface area contributed by atoms with Gasteiger partial charge in [0.25, 0.3) is 5.91 Å². The molecular formula is C21H28N4O4. The lowest BCUT2D eigenvalue weighted by Gasteiger charge is -2.46. The number of rotatable bonds is 5. The predicted molar refractivity (Wildman–Crippen MR) is 104 cm³/mol. The van der Waals surface area contributed by atoms with Crippen molar-refractivity contribution in [1.29, 1.82) is 0 Å². The number of likely N-dealkylation sites (tertiary alicyclic amines) is 1. The van der Waals surface area contributed by atoms with Crippen LogP contribution in [0.2, 0.25) is 0 Å². The number of amides is 1. The van der Waals surface area contributed by atoms with Gasteiger partial charge >= 0.3 is 0 Å². The third-order valence-corrected chi connectivity index (χ3v) is 5.96. The Balaban J connectivity index is 1.33. The van der Waals surface area contributed by atoms with E-state index in [1.54, 1.807) is 13.3 Å². The highest BCUT2D eigenvalue weighted by Crippen LogP contribution is 2.39. The minimum absolute atomic E-state index is 0.0521. The number of methoxy groups -OCH3 is 1. The van der Waals surface area contributed by atoms with Crippen LogP contribution in [0.5, 0.6) is 0 Å². The van der Waals surface area contributed by atoms with E-state index in [0.29, 0.717) is 42.9 Å². The van der Waals surface area contributed by atoms with E-state index in [9.17, 15) is 4.79 Å². The van der Waals surface area contributed by atoms with Crippen LogP contribution in [0.25, 0.3) is 0 Å². The molecule has 2 aliphatic heterocycles. The number of piperidine rings is 1. The number of carbonyl (C=O) groups is 1. The van der Waals surface area contributed by atoms with E-state index in [4.69, 9.17) is 14.0 Å². The maximum Gasteiger partial charge on any atom is 0.255 e. The average Bonchev–Trinajstić information content (AvgIpc) is 3.16. The molecule has 2 saturated heterocycles. The molecule has 1 atom stereocenters. The van der Waals surface area contributed by atoms with E-state index in [0.717, 1.165) is 44.4 Å². The summed E-state index contributed by atoms with van der Waals surface area (Å²) in [5.74, 6) is 1.75. The Kier molecular flexibility index (Phi) is 5.91. The monoisotopic (exact) mass is 400 g/mol. The van der Waals surface area contributed by atoms with Crippen molar-refractivity contribution in [1.82, 2.24) is 20.0 Å². The lowest BCUT2D eigenvalue weighted by molar-refractivity contribution is -0.124. The Morgan fingerprint density at radius 3 is 2.90 bits per heavy atom. The smallest absolute Gasteiger partial charge is 0.255 e. The van der Waals surface area contributed by atoms with E-state index in [2.05, 4.69) is 15.1 Å². The highest BCUT2D eigenvalue weighted by molar-refractivity contribution is 5.94. The Hall–Kier alpha value is -2.32. The van der Waals surface area contributed by atoms with Crippen LogP contribution in [0.4, 0.5) is 0 Å². The first-order valence-electron chi connectivity index (χ1n) is 10.2. The third-order valence-electron chi connectivity index (χ3n) is 5.96. The molecule has 29 heavy (non-hydrogen) atoms. The van der Waals surface area contributed by atoms with Gasteiger partial charge in [-0.1, -0.05) is 5.16 Å². The fourth-order valence-corrected chi connectivity index (χ4v) is 4.35. The van der Waals surface area contributed by atoms with Gasteiger partial charge in [0, 0.05) is 45.1 Å². The maximum absolute atomic E-state index is 12.8. The molecule has 2 aromatic rings. The predicted octanol–water partition coefficient (Wildman–Crippen LogP) is 2.56. The molecule has 1 unspecified atom stereocenters. The zero-order valence-corrected chi connectivity index (χ0v) is 17.1. The Morgan fingerprint density at radius 2 is 2.17 bits per heavy atom. The average molecular weight is 400 g/mol. The second-order valence-corrected chi connectivity index (χ2v) is 8.11. The normalized spacial score (nSPS) is 21.4. The van der Waals surface area contributed by atoms with Crippen LogP contribution in [0.3, 0.4) is 0 Å². The minimum atomic E-state index is -0.152. The Bertz CT molecular complexity index is 827. The first-order chi connectivity index (χ1) is 14.1. The zero-order valence-electron chi connectivity index (χ0n) is 17.1. The zero-order chi connectivity index (χ0) is 20.3. The van der Waals surface area contributed by atoms with Crippen molar-refractivity contribution >= 4 is 5.91 Å². The van der Waals surface area contributed by atoms with E-state index in [-0.39, 0.29) is 11.5 Å². The van der Waals surface area contributed by atoms with Crippen LogP contribution in [-0.2, 0) is 22.5 Å². The molecule has 4 rings (SSSR count). The number of aryl methyl sites for hydroxylation is 1. The SMILES string of the molecule is COCc1noc(CC2CCOC3(CCN(C(=O)c4ccc(C)nc4)CC3)C2)n1. The van der Waals surface area contributed by atoms with Gasteiger partial charge in [-0.3, -0.25) is 9.78 Å². The summed E-state index contributed by atoms with van der Waals surface area (Å²) in [6.45, 7) is 4.43. The van der Waals surface area contributed by atoms with Gasteiger partial charge in [-0.05, 0) is 50.7 Å². The molecule has 0 bridgehead atoms. The highest BCUT2D eigenvalue weighted by atomic mass is 16.5. The van der Waals surface area contributed by atoms with Gasteiger partial charge in [-0.25, -0.2) is 0 Å². The molecule has 4 heterocycles. The number of pyridine rings is 1. The summed E-state index contributed by atoms with van der Waals surface area (Å²) in [6, 6.07) is 3.73. The summed E-state index contributed by atoms with van der Waals surface area (Å²) in [5, 5.41) is 3.95. The molecule has 1 amide bonds. The largest absolute Gasteiger partial charge is 0.377 e. The van der Waals surface area contributed by atoms with Crippen LogP contribution >= 0.6 is 0 Å². The quantitative estimate of drug-likeness (QED) is 0.762. The van der Waals surface area contributed by atoms with E-state index >= 15 is 0 Å². The molecular weight excluding hydrogens is 372 g/mol. The Labute approximate surface area is 170 Å². The van der Waals surface area contributed by atoms with Crippen molar-refractivity contribution in [3.8, 4) is 0 Å². The second-order valence-electron chi connectivity index (χ2n) is 8.11. The molecule has 156 valence electrons. The topological polar surface area (TPSA) is 90.6 Å². The molecule has 0 aromatic carbocycles. The Morgan fingerprint density at radius 1 is 1.34 bits per heavy atom. The molecule has 8 nitrogen and oxygen atoms in total. The van der Waals surface area contributed by atoms with Crippen LogP contribution in [-0.4, -0.2) is 58.3 Å². The number of ether oxygens (including phenoxy) is 2. The summed E-state index contributed by atoms with van der Waals surface area (Å²) in [4.78, 5) is 23.3. The van der Waals surface area contributed by atoms with Crippen molar-refractivity contribution < 1.29 is 18.8 Å². The molecule has 1 spiro atoms. The van der Waals surface area contributed by atoms with E-state index in [1.165, 1.54) is 0 Å². The van der Waals surface area contributed by atoms with Gasteiger partial charge in [0.15, 0.2) is 5.82 Å². The summed E-state index contributed by atoms with van der Waals surface area (Å²) >= 11 is 0. The summed E-state index contributed by atoms with van der Waals surface area (Å²) in [6.07, 6.45) is 6.09. The maximum atomic E-state index is 12.8. The minimum Gasteiger partial charge on any atom is -0.377 e. The van der Waals surface area contributed by atoms with Gasteiger partial charge in [0.05, 0.1) is 11.2 Å². The second kappa shape index (κ2) is 8.59. The van der Waals surface area contributed by atoms with Gasteiger partial charge in [0.1, 0.15) is 6.61 Å². The van der Waals surface area contributed by atoms with Crippen LogP contribution in [0.1, 0.15) is 53.5 Å². The standard InChI is InChI=1S/C21H28N4O4/c1-15-3-4-17(13-22-15)20(26)25-8-6-21(7-9-25)12-16(5-10-28-21)11-19-23-18(14-27-2)24-29-19/h3-4,13,16H,5-12,14H2,1-2H3. The van der Waals surface area contributed by atoms with Gasteiger partial charge in [-0.15, -0.1) is 0 Å². The number of hydrogen-bond acceptors (Lipinski definition) is 7. The first kappa shape index (κ1) is 20.0. The number of nitrogens with zero attached hydrogens (tertiary/aromatic N) is 4. The molecule has 0 aliphatic carbocycles. The molecule has 2 fully saturated rings. The molecule has 0 N–H and O–H groups in total. The van der Waals surface area contributed by atoms with E-state index < -0.39 is 0 Å². The number of hydrogen-bond donors (Lipinski definition) is 0. The fraction of sp³-hybridized carbons (Fsp3) is 0.619. The van der Waals surface area contributed by atoms with Crippen molar-refractivity contribution in [2.75, 3.05) is 26.8 Å². The molecule has 0 radical (unpaired) electrons. The summed E-state index contributed by atoms with van der Waals surface area (Å²) in [5.41, 5.74) is 1.41. The number of aromatic nitrogens is 3. The molecule has 2 aromatic heterocycles. The highest BCUT2D eigenvalue weighted by Gasteiger charge is 2.41. The van der Waals surface area contributed by atoms with Crippen molar-refractivity contribution in [2.45, 2.75) is 51.2 Å². The number of carbonyl (C=O) groups excluding carboxylic acids is 1. The van der Waals surface area contributed by atoms with Crippen LogP contribution in [0.15, 0.2) is 22.9 Å². The fourth-order valence-electron chi connectivity index (χ4n) is 4.35. The van der Waals surface area contributed by atoms with Crippen molar-refractivity contribution in [2.24, 2.45) is 5.92 Å². The van der Waals surface area contributed by atoms with Gasteiger partial charge in [0.2, 0.25) is 5.89 Å². The molecule has 0 saturated carbocycles.